The first-order valence-corrected chi connectivity index (χ1v) is 4.40. The smallest absolute Gasteiger partial charge is 0.271 e. The average molecular weight is 188 g/mol. The van der Waals surface area contributed by atoms with Crippen molar-refractivity contribution in [2.24, 2.45) is 4.99 Å². The third kappa shape index (κ3) is 0.958. The zero-order valence-electron chi connectivity index (χ0n) is 7.32. The summed E-state index contributed by atoms with van der Waals surface area (Å²) >= 11 is 0. The zero-order valence-corrected chi connectivity index (χ0v) is 7.32. The molecule has 0 radical (unpaired) electrons. The van der Waals surface area contributed by atoms with Crippen LogP contribution in [-0.2, 0) is 6.54 Å². The van der Waals surface area contributed by atoms with Crippen LogP contribution in [-0.4, -0.2) is 11.3 Å². The van der Waals surface area contributed by atoms with Crippen LogP contribution in [0.2, 0.25) is 0 Å². The SMILES string of the molecule is O=c1ccc2c3c(n1)NC=NC3NC2. The number of aromatic nitrogens is 1. The standard InChI is InChI=1S/C9H8N4O/c14-6-2-1-5-3-10-8-7(5)9(13-6)12-4-11-8/h1-2,4,8,10H,3H2,(H,11,12,13,14). The van der Waals surface area contributed by atoms with Gasteiger partial charge in [0, 0.05) is 18.2 Å². The number of rotatable bonds is 0. The van der Waals surface area contributed by atoms with Gasteiger partial charge < -0.3 is 5.32 Å². The van der Waals surface area contributed by atoms with E-state index in [0.717, 1.165) is 17.7 Å². The third-order valence-corrected chi connectivity index (χ3v) is 2.43. The Hall–Kier alpha value is -1.75. The summed E-state index contributed by atoms with van der Waals surface area (Å²) in [7, 11) is 0. The quantitative estimate of drug-likeness (QED) is 0.601. The lowest BCUT2D eigenvalue weighted by molar-refractivity contribution is 0.608. The van der Waals surface area contributed by atoms with E-state index in [-0.39, 0.29) is 11.7 Å². The van der Waals surface area contributed by atoms with Crippen LogP contribution in [0.15, 0.2) is 21.9 Å². The Bertz CT molecular complexity index is 483. The van der Waals surface area contributed by atoms with Crippen LogP contribution >= 0.6 is 0 Å². The van der Waals surface area contributed by atoms with Gasteiger partial charge in [-0.2, -0.15) is 4.98 Å². The molecule has 0 saturated carbocycles. The van der Waals surface area contributed by atoms with Gasteiger partial charge in [-0.1, -0.05) is 6.07 Å². The Morgan fingerprint density at radius 1 is 1.43 bits per heavy atom. The lowest BCUT2D eigenvalue weighted by Crippen LogP contribution is -2.18. The lowest BCUT2D eigenvalue weighted by Gasteiger charge is -2.13. The maximum absolute atomic E-state index is 11.2. The number of hydrogen-bond donors (Lipinski definition) is 2. The van der Waals surface area contributed by atoms with E-state index in [4.69, 9.17) is 0 Å². The molecule has 3 rings (SSSR count). The molecule has 3 heterocycles. The molecule has 0 saturated heterocycles. The summed E-state index contributed by atoms with van der Waals surface area (Å²) in [6.07, 6.45) is 1.53. The molecule has 0 spiro atoms. The van der Waals surface area contributed by atoms with Crippen molar-refractivity contribution in [2.45, 2.75) is 12.7 Å². The molecule has 0 amide bonds. The van der Waals surface area contributed by atoms with E-state index in [0.29, 0.717) is 5.82 Å². The Morgan fingerprint density at radius 3 is 3.29 bits per heavy atom. The molecule has 5 nitrogen and oxygen atoms in total. The summed E-state index contributed by atoms with van der Waals surface area (Å²) in [6, 6.07) is 3.29. The summed E-state index contributed by atoms with van der Waals surface area (Å²) in [5.74, 6) is 0.625. The van der Waals surface area contributed by atoms with Gasteiger partial charge >= 0.3 is 0 Å². The van der Waals surface area contributed by atoms with Gasteiger partial charge in [0.05, 0.1) is 6.34 Å². The molecule has 2 N–H and O–H groups in total. The van der Waals surface area contributed by atoms with E-state index in [1.807, 2.05) is 6.07 Å². The van der Waals surface area contributed by atoms with E-state index in [1.54, 1.807) is 6.34 Å². The zero-order chi connectivity index (χ0) is 9.54. The first kappa shape index (κ1) is 7.64. The lowest BCUT2D eigenvalue weighted by atomic mass is 10.1. The number of nitrogens with zero attached hydrogens (tertiary/aromatic N) is 2. The molecule has 0 aromatic carbocycles. The van der Waals surface area contributed by atoms with Crippen molar-refractivity contribution in [3.63, 3.8) is 0 Å². The van der Waals surface area contributed by atoms with Crippen molar-refractivity contribution < 1.29 is 0 Å². The molecule has 70 valence electrons. The first-order valence-electron chi connectivity index (χ1n) is 4.40. The minimum absolute atomic E-state index is 0.0412. The summed E-state index contributed by atoms with van der Waals surface area (Å²) in [4.78, 5) is 19.3. The van der Waals surface area contributed by atoms with Gasteiger partial charge in [0.1, 0.15) is 12.0 Å². The van der Waals surface area contributed by atoms with Crippen LogP contribution in [0.3, 0.4) is 0 Å². The minimum atomic E-state index is -0.226. The molecule has 1 aromatic rings. The molecule has 2 aliphatic rings. The Kier molecular flexibility index (Phi) is 1.43. The molecule has 1 aromatic heterocycles. The molecule has 1 atom stereocenters. The fourth-order valence-electron chi connectivity index (χ4n) is 1.80. The van der Waals surface area contributed by atoms with Gasteiger partial charge in [-0.25, -0.2) is 0 Å². The molecule has 14 heavy (non-hydrogen) atoms. The normalized spacial score (nSPS) is 21.6. The topological polar surface area (TPSA) is 66.4 Å². The summed E-state index contributed by atoms with van der Waals surface area (Å²) in [5.41, 5.74) is 1.86. The summed E-state index contributed by atoms with van der Waals surface area (Å²) in [5, 5.41) is 6.11. The monoisotopic (exact) mass is 188 g/mol. The van der Waals surface area contributed by atoms with Crippen LogP contribution in [0.25, 0.3) is 0 Å². The van der Waals surface area contributed by atoms with Crippen molar-refractivity contribution in [3.8, 4) is 0 Å². The van der Waals surface area contributed by atoms with E-state index in [1.165, 1.54) is 6.07 Å². The molecule has 0 bridgehead atoms. The second kappa shape index (κ2) is 2.62. The van der Waals surface area contributed by atoms with Crippen molar-refractivity contribution in [2.75, 3.05) is 5.32 Å². The van der Waals surface area contributed by atoms with Crippen molar-refractivity contribution in [1.29, 1.82) is 0 Å². The second-order valence-corrected chi connectivity index (χ2v) is 3.28. The first-order chi connectivity index (χ1) is 6.84. The van der Waals surface area contributed by atoms with E-state index < -0.39 is 0 Å². The van der Waals surface area contributed by atoms with Gasteiger partial charge in [-0.15, -0.1) is 0 Å². The maximum Gasteiger partial charge on any atom is 0.271 e. The van der Waals surface area contributed by atoms with Crippen molar-refractivity contribution in [1.82, 2.24) is 10.3 Å². The average Bonchev–Trinajstić information content (AvgIpc) is 2.51. The molecular formula is C9H8N4O. The predicted octanol–water partition coefficient (Wildman–Crippen LogP) is -0.00260. The largest absolute Gasteiger partial charge is 0.331 e. The highest BCUT2D eigenvalue weighted by molar-refractivity contribution is 5.79. The number of aliphatic imine (C=N–C) groups is 1. The molecule has 0 aliphatic carbocycles. The Balaban J connectivity index is 2.36. The Labute approximate surface area is 79.9 Å². The Morgan fingerprint density at radius 2 is 2.36 bits per heavy atom. The maximum atomic E-state index is 11.2. The predicted molar refractivity (Wildman–Crippen MR) is 52.2 cm³/mol. The highest BCUT2D eigenvalue weighted by Crippen LogP contribution is 2.31. The van der Waals surface area contributed by atoms with Crippen LogP contribution < -0.4 is 16.2 Å². The van der Waals surface area contributed by atoms with E-state index in [2.05, 4.69) is 20.6 Å². The number of hydrogen-bond acceptors (Lipinski definition) is 5. The molecular weight excluding hydrogens is 180 g/mol. The van der Waals surface area contributed by atoms with Crippen molar-refractivity contribution in [3.05, 3.63) is 33.6 Å². The van der Waals surface area contributed by atoms with Crippen LogP contribution in [0, 0.1) is 0 Å². The summed E-state index contributed by atoms with van der Waals surface area (Å²) < 4.78 is 0. The fraction of sp³-hybridized carbons (Fsp3) is 0.222. The van der Waals surface area contributed by atoms with Crippen molar-refractivity contribution >= 4 is 12.2 Å². The van der Waals surface area contributed by atoms with Crippen LogP contribution in [0.4, 0.5) is 5.82 Å². The number of nitrogens with one attached hydrogen (secondary N) is 2. The van der Waals surface area contributed by atoms with Gasteiger partial charge in [0.15, 0.2) is 0 Å². The third-order valence-electron chi connectivity index (χ3n) is 2.43. The van der Waals surface area contributed by atoms with Gasteiger partial charge in [0.25, 0.3) is 5.56 Å². The molecule has 1 unspecified atom stereocenters. The van der Waals surface area contributed by atoms with Gasteiger partial charge in [0.2, 0.25) is 0 Å². The minimum Gasteiger partial charge on any atom is -0.331 e. The van der Waals surface area contributed by atoms with Gasteiger partial charge in [-0.05, 0) is 5.56 Å². The van der Waals surface area contributed by atoms with Gasteiger partial charge in [-0.3, -0.25) is 15.1 Å². The summed E-state index contributed by atoms with van der Waals surface area (Å²) in [6.45, 7) is 0.738. The second-order valence-electron chi connectivity index (χ2n) is 3.28. The van der Waals surface area contributed by atoms with Crippen LogP contribution in [0.1, 0.15) is 17.3 Å². The molecule has 5 heteroatoms. The fourth-order valence-corrected chi connectivity index (χ4v) is 1.80. The molecule has 2 aliphatic heterocycles. The van der Waals surface area contributed by atoms with E-state index >= 15 is 0 Å². The highest BCUT2D eigenvalue weighted by Gasteiger charge is 2.26. The van der Waals surface area contributed by atoms with Crippen LogP contribution in [0.5, 0.6) is 0 Å². The highest BCUT2D eigenvalue weighted by atomic mass is 16.1. The molecule has 0 fully saturated rings. The van der Waals surface area contributed by atoms with E-state index in [9.17, 15) is 4.79 Å². The number of anilines is 1.